The molecule has 0 spiro atoms. The molecular formula is C18H20N2O2S2. The standard InChI is InChI=1S/C18H20N2O2S2/c1-10-6-7-11(2)14(8-10)23-9-15(21)20-18-16(17(19)22)12-4-3-5-13(12)24-18/h6-8H,3-5,9H2,1-2H3,(H2,19,22)(H,20,21). The molecule has 24 heavy (non-hydrogen) atoms. The summed E-state index contributed by atoms with van der Waals surface area (Å²) in [5, 5.41) is 3.49. The summed E-state index contributed by atoms with van der Waals surface area (Å²) in [6.45, 7) is 4.07. The molecule has 3 rings (SSSR count). The largest absolute Gasteiger partial charge is 0.365 e. The van der Waals surface area contributed by atoms with Crippen molar-refractivity contribution < 1.29 is 9.59 Å². The van der Waals surface area contributed by atoms with E-state index in [4.69, 9.17) is 5.73 Å². The molecule has 0 saturated heterocycles. The summed E-state index contributed by atoms with van der Waals surface area (Å²) >= 11 is 3.00. The lowest BCUT2D eigenvalue weighted by Crippen LogP contribution is -2.18. The molecule has 1 aromatic heterocycles. The van der Waals surface area contributed by atoms with Gasteiger partial charge in [0.1, 0.15) is 5.00 Å². The summed E-state index contributed by atoms with van der Waals surface area (Å²) in [5.74, 6) is -0.249. The second-order valence-electron chi connectivity index (χ2n) is 6.03. The van der Waals surface area contributed by atoms with Crippen LogP contribution in [0.5, 0.6) is 0 Å². The quantitative estimate of drug-likeness (QED) is 0.799. The molecule has 1 aromatic carbocycles. The first kappa shape index (κ1) is 17.0. The van der Waals surface area contributed by atoms with Gasteiger partial charge in [-0.25, -0.2) is 0 Å². The van der Waals surface area contributed by atoms with E-state index in [1.54, 1.807) is 0 Å². The van der Waals surface area contributed by atoms with Gasteiger partial charge in [-0.1, -0.05) is 17.7 Å². The summed E-state index contributed by atoms with van der Waals surface area (Å²) in [6.07, 6.45) is 2.89. The topological polar surface area (TPSA) is 72.2 Å². The maximum absolute atomic E-state index is 12.3. The van der Waals surface area contributed by atoms with Crippen LogP contribution < -0.4 is 11.1 Å². The molecule has 1 aliphatic carbocycles. The molecule has 0 unspecified atom stereocenters. The van der Waals surface area contributed by atoms with Crippen molar-refractivity contribution in [1.82, 2.24) is 0 Å². The number of nitrogens with one attached hydrogen (secondary N) is 1. The number of carbonyl (C=O) groups excluding carboxylic acids is 2. The molecule has 0 bridgehead atoms. The van der Waals surface area contributed by atoms with Gasteiger partial charge >= 0.3 is 0 Å². The fourth-order valence-electron chi connectivity index (χ4n) is 2.92. The Bertz CT molecular complexity index is 812. The summed E-state index contributed by atoms with van der Waals surface area (Å²) in [5.41, 5.74) is 9.40. The summed E-state index contributed by atoms with van der Waals surface area (Å²) in [4.78, 5) is 26.4. The minimum absolute atomic E-state index is 0.108. The van der Waals surface area contributed by atoms with Crippen molar-refractivity contribution in [2.45, 2.75) is 38.0 Å². The van der Waals surface area contributed by atoms with E-state index in [-0.39, 0.29) is 5.91 Å². The normalized spacial score (nSPS) is 12.9. The van der Waals surface area contributed by atoms with Crippen molar-refractivity contribution in [3.63, 3.8) is 0 Å². The van der Waals surface area contributed by atoms with E-state index in [1.165, 1.54) is 33.5 Å². The third-order valence-electron chi connectivity index (χ3n) is 4.12. The van der Waals surface area contributed by atoms with E-state index in [0.717, 1.165) is 35.3 Å². The Labute approximate surface area is 149 Å². The van der Waals surface area contributed by atoms with Gasteiger partial charge < -0.3 is 11.1 Å². The zero-order valence-corrected chi connectivity index (χ0v) is 15.4. The average Bonchev–Trinajstić information content (AvgIpc) is 3.08. The first-order valence-electron chi connectivity index (χ1n) is 7.90. The number of nitrogens with two attached hydrogens (primary N) is 1. The highest BCUT2D eigenvalue weighted by atomic mass is 32.2. The number of hydrogen-bond acceptors (Lipinski definition) is 4. The predicted molar refractivity (Wildman–Crippen MR) is 100 cm³/mol. The lowest BCUT2D eigenvalue weighted by atomic mass is 10.1. The third-order valence-corrected chi connectivity index (χ3v) is 6.49. The van der Waals surface area contributed by atoms with Crippen molar-refractivity contribution in [2.75, 3.05) is 11.1 Å². The zero-order chi connectivity index (χ0) is 17.3. The van der Waals surface area contributed by atoms with Gasteiger partial charge in [0.2, 0.25) is 5.91 Å². The van der Waals surface area contributed by atoms with Gasteiger partial charge in [-0.3, -0.25) is 9.59 Å². The van der Waals surface area contributed by atoms with Crippen LogP contribution in [-0.4, -0.2) is 17.6 Å². The van der Waals surface area contributed by atoms with Gasteiger partial charge in [0.15, 0.2) is 0 Å². The molecule has 2 amide bonds. The number of thioether (sulfide) groups is 1. The Hall–Kier alpha value is -1.79. The van der Waals surface area contributed by atoms with E-state index in [1.807, 2.05) is 13.8 Å². The molecule has 1 aliphatic rings. The number of hydrogen-bond donors (Lipinski definition) is 2. The minimum Gasteiger partial charge on any atom is -0.365 e. The number of rotatable bonds is 5. The fraction of sp³-hybridized carbons (Fsp3) is 0.333. The van der Waals surface area contributed by atoms with Gasteiger partial charge in [0.05, 0.1) is 11.3 Å². The molecule has 2 aromatic rings. The minimum atomic E-state index is -0.452. The summed E-state index contributed by atoms with van der Waals surface area (Å²) in [7, 11) is 0. The number of aryl methyl sites for hydroxylation is 3. The van der Waals surface area contributed by atoms with Crippen molar-refractivity contribution in [3.05, 3.63) is 45.3 Å². The van der Waals surface area contributed by atoms with E-state index in [9.17, 15) is 9.59 Å². The van der Waals surface area contributed by atoms with Crippen LogP contribution in [0.25, 0.3) is 0 Å². The molecule has 0 fully saturated rings. The van der Waals surface area contributed by atoms with E-state index in [2.05, 4.69) is 23.5 Å². The SMILES string of the molecule is Cc1ccc(C)c(SCC(=O)Nc2sc3c(c2C(N)=O)CCC3)c1. The van der Waals surface area contributed by atoms with Crippen LogP contribution in [0.2, 0.25) is 0 Å². The van der Waals surface area contributed by atoms with Gasteiger partial charge in [-0.05, 0) is 50.3 Å². The Morgan fingerprint density at radius 3 is 2.83 bits per heavy atom. The maximum atomic E-state index is 12.3. The van der Waals surface area contributed by atoms with Gasteiger partial charge in [-0.2, -0.15) is 0 Å². The molecule has 0 saturated carbocycles. The molecular weight excluding hydrogens is 340 g/mol. The van der Waals surface area contributed by atoms with Crippen LogP contribution >= 0.6 is 23.1 Å². The number of primary amides is 1. The highest BCUT2D eigenvalue weighted by molar-refractivity contribution is 8.00. The smallest absolute Gasteiger partial charge is 0.251 e. The molecule has 126 valence electrons. The number of carbonyl (C=O) groups is 2. The molecule has 3 N–H and O–H groups in total. The van der Waals surface area contributed by atoms with E-state index in [0.29, 0.717) is 16.3 Å². The van der Waals surface area contributed by atoms with E-state index >= 15 is 0 Å². The lowest BCUT2D eigenvalue weighted by Gasteiger charge is -2.08. The van der Waals surface area contributed by atoms with Crippen LogP contribution in [0.1, 0.15) is 38.3 Å². The zero-order valence-electron chi connectivity index (χ0n) is 13.8. The van der Waals surface area contributed by atoms with Crippen LogP contribution in [0.4, 0.5) is 5.00 Å². The van der Waals surface area contributed by atoms with Gasteiger partial charge in [0.25, 0.3) is 5.91 Å². The van der Waals surface area contributed by atoms with Crippen LogP contribution in [0, 0.1) is 13.8 Å². The summed E-state index contributed by atoms with van der Waals surface area (Å²) < 4.78 is 0. The number of thiophene rings is 1. The summed E-state index contributed by atoms with van der Waals surface area (Å²) in [6, 6.07) is 6.21. The number of fused-ring (bicyclic) bond motifs is 1. The number of benzene rings is 1. The van der Waals surface area contributed by atoms with Crippen LogP contribution in [0.15, 0.2) is 23.1 Å². The Morgan fingerprint density at radius 1 is 1.29 bits per heavy atom. The Balaban J connectivity index is 1.70. The number of anilines is 1. The maximum Gasteiger partial charge on any atom is 0.251 e. The van der Waals surface area contributed by atoms with Crippen molar-refractivity contribution in [3.8, 4) is 0 Å². The second kappa shape index (κ2) is 6.99. The first-order valence-corrected chi connectivity index (χ1v) is 9.70. The van der Waals surface area contributed by atoms with Crippen molar-refractivity contribution in [1.29, 1.82) is 0 Å². The Kier molecular flexibility index (Phi) is 4.96. The second-order valence-corrected chi connectivity index (χ2v) is 8.15. The molecule has 0 atom stereocenters. The van der Waals surface area contributed by atoms with Crippen molar-refractivity contribution >= 4 is 39.9 Å². The van der Waals surface area contributed by atoms with Crippen LogP contribution in [-0.2, 0) is 17.6 Å². The lowest BCUT2D eigenvalue weighted by molar-refractivity contribution is -0.113. The molecule has 1 heterocycles. The predicted octanol–water partition coefficient (Wildman–Crippen LogP) is 3.68. The van der Waals surface area contributed by atoms with Crippen molar-refractivity contribution in [2.24, 2.45) is 5.73 Å². The van der Waals surface area contributed by atoms with Crippen LogP contribution in [0.3, 0.4) is 0 Å². The number of amides is 2. The highest BCUT2D eigenvalue weighted by Gasteiger charge is 2.26. The fourth-order valence-corrected chi connectivity index (χ4v) is 5.16. The molecule has 0 radical (unpaired) electrons. The van der Waals surface area contributed by atoms with Gasteiger partial charge in [0, 0.05) is 9.77 Å². The third kappa shape index (κ3) is 3.49. The average molecular weight is 361 g/mol. The Morgan fingerprint density at radius 2 is 2.08 bits per heavy atom. The molecule has 4 nitrogen and oxygen atoms in total. The monoisotopic (exact) mass is 360 g/mol. The first-order chi connectivity index (χ1) is 11.5. The molecule has 0 aliphatic heterocycles. The highest BCUT2D eigenvalue weighted by Crippen LogP contribution is 2.39. The van der Waals surface area contributed by atoms with Gasteiger partial charge in [-0.15, -0.1) is 23.1 Å². The van der Waals surface area contributed by atoms with E-state index < -0.39 is 5.91 Å². The molecule has 6 heteroatoms.